The Kier molecular flexibility index (Phi) is 6.54. The topological polar surface area (TPSA) is 67.9 Å². The van der Waals surface area contributed by atoms with E-state index in [-0.39, 0.29) is 31.3 Å². The summed E-state index contributed by atoms with van der Waals surface area (Å²) in [6, 6.07) is 15.2. The highest BCUT2D eigenvalue weighted by Crippen LogP contribution is 2.51. The Labute approximate surface area is 219 Å². The molecule has 0 bridgehead atoms. The number of halogens is 3. The van der Waals surface area contributed by atoms with Crippen LogP contribution in [0, 0.1) is 0 Å². The molecule has 1 aliphatic heterocycles. The zero-order valence-electron chi connectivity index (χ0n) is 21.0. The normalized spacial score (nSPS) is 15.2. The first-order valence-electron chi connectivity index (χ1n) is 12.5. The predicted octanol–water partition coefficient (Wildman–Crippen LogP) is 6.50. The largest absolute Gasteiger partial charge is 0.454 e. The van der Waals surface area contributed by atoms with Crippen LogP contribution in [0.4, 0.5) is 18.9 Å². The number of ether oxygens (including phenoxy) is 2. The van der Waals surface area contributed by atoms with Crippen molar-refractivity contribution < 1.29 is 33.7 Å². The molecule has 0 radical (unpaired) electrons. The second kappa shape index (κ2) is 9.70. The van der Waals surface area contributed by atoms with Gasteiger partial charge in [0.1, 0.15) is 0 Å². The lowest BCUT2D eigenvalue weighted by molar-refractivity contribution is -0.137. The van der Waals surface area contributed by atoms with Crippen molar-refractivity contribution in [3.8, 4) is 22.6 Å². The first-order valence-corrected chi connectivity index (χ1v) is 12.5. The average molecular weight is 527 g/mol. The van der Waals surface area contributed by atoms with Gasteiger partial charge in [0.25, 0.3) is 5.91 Å². The predicted molar refractivity (Wildman–Crippen MR) is 138 cm³/mol. The summed E-state index contributed by atoms with van der Waals surface area (Å²) >= 11 is 0. The molecule has 0 spiro atoms. The molecule has 1 saturated carbocycles. The fraction of sp³-hybridized carbons (Fsp3) is 0.310. The van der Waals surface area contributed by atoms with E-state index in [9.17, 15) is 22.8 Å². The highest BCUT2D eigenvalue weighted by atomic mass is 19.4. The number of benzene rings is 3. The molecule has 1 fully saturated rings. The van der Waals surface area contributed by atoms with Crippen LogP contribution < -0.4 is 14.8 Å². The third-order valence-corrected chi connectivity index (χ3v) is 7.14. The number of nitrogens with zero attached hydrogens (tertiary/aromatic N) is 1. The van der Waals surface area contributed by atoms with Crippen LogP contribution in [0.15, 0.2) is 60.7 Å². The first-order chi connectivity index (χ1) is 18.1. The average Bonchev–Trinajstić information content (AvgIpc) is 3.59. The minimum absolute atomic E-state index is 0. The van der Waals surface area contributed by atoms with Crippen LogP contribution in [0.5, 0.6) is 11.5 Å². The lowest BCUT2D eigenvalue weighted by atomic mass is 9.94. The number of amides is 2. The van der Waals surface area contributed by atoms with E-state index in [1.165, 1.54) is 6.07 Å². The van der Waals surface area contributed by atoms with E-state index in [2.05, 4.69) is 5.32 Å². The second-order valence-electron chi connectivity index (χ2n) is 9.46. The van der Waals surface area contributed by atoms with Gasteiger partial charge in [-0.2, -0.15) is 13.2 Å². The number of hydrogen-bond donors (Lipinski definition) is 1. The fourth-order valence-electron chi connectivity index (χ4n) is 4.75. The molecular formula is C29H29F3N2O4. The molecule has 3 aromatic carbocycles. The van der Waals surface area contributed by atoms with E-state index in [4.69, 9.17) is 9.47 Å². The zero-order valence-corrected chi connectivity index (χ0v) is 21.0. The number of alkyl halides is 3. The van der Waals surface area contributed by atoms with Crippen LogP contribution in [0.25, 0.3) is 11.1 Å². The zero-order chi connectivity index (χ0) is 27.1. The van der Waals surface area contributed by atoms with E-state index in [1.54, 1.807) is 47.4 Å². The van der Waals surface area contributed by atoms with Crippen LogP contribution in [-0.4, -0.2) is 36.6 Å². The van der Waals surface area contributed by atoms with Gasteiger partial charge >= 0.3 is 6.18 Å². The molecule has 1 heterocycles. The van der Waals surface area contributed by atoms with Crippen LogP contribution in [0.2, 0.25) is 0 Å². The van der Waals surface area contributed by atoms with Gasteiger partial charge in [0, 0.05) is 25.8 Å². The Hall–Kier alpha value is -4.01. The van der Waals surface area contributed by atoms with Crippen LogP contribution >= 0.6 is 0 Å². The lowest BCUT2D eigenvalue weighted by Gasteiger charge is -2.19. The standard InChI is InChI=1S/C29H27F3N2O4.H2/c1-3-34(4-2)26(35)19-7-5-18(6-8-19)20-13-22(29(30,31)32)15-23(14-20)33-27(36)28(11-12-28)21-9-10-24-25(16-21)38-17-37-24;/h5-10,13-16H,3-4,11-12,17H2,1-2H3,(H,33,36);1H. The lowest BCUT2D eigenvalue weighted by Crippen LogP contribution is -2.30. The highest BCUT2D eigenvalue weighted by molar-refractivity contribution is 6.02. The molecule has 0 saturated heterocycles. The molecule has 0 unspecified atom stereocenters. The summed E-state index contributed by atoms with van der Waals surface area (Å²) in [6.45, 7) is 4.98. The Bertz CT molecular complexity index is 1380. The smallest absolute Gasteiger partial charge is 0.416 e. The summed E-state index contributed by atoms with van der Waals surface area (Å²) in [5, 5.41) is 2.72. The molecule has 2 amide bonds. The molecule has 3 aromatic rings. The van der Waals surface area contributed by atoms with E-state index in [1.807, 2.05) is 13.8 Å². The fourth-order valence-corrected chi connectivity index (χ4v) is 4.75. The molecule has 0 atom stereocenters. The number of carbonyl (C=O) groups is 2. The van der Waals surface area contributed by atoms with Gasteiger partial charge in [0.15, 0.2) is 11.5 Å². The van der Waals surface area contributed by atoms with Gasteiger partial charge in [-0.1, -0.05) is 18.2 Å². The van der Waals surface area contributed by atoms with Crippen molar-refractivity contribution in [2.24, 2.45) is 0 Å². The van der Waals surface area contributed by atoms with Crippen molar-refractivity contribution in [1.82, 2.24) is 4.90 Å². The van der Waals surface area contributed by atoms with Gasteiger partial charge in [-0.05, 0) is 85.8 Å². The maximum absolute atomic E-state index is 13.8. The van der Waals surface area contributed by atoms with Crippen molar-refractivity contribution in [3.05, 3.63) is 77.4 Å². The molecule has 9 heteroatoms. The van der Waals surface area contributed by atoms with Crippen molar-refractivity contribution >= 4 is 17.5 Å². The minimum atomic E-state index is -4.61. The minimum Gasteiger partial charge on any atom is -0.454 e. The summed E-state index contributed by atoms with van der Waals surface area (Å²) in [5.41, 5.74) is 0.320. The highest BCUT2D eigenvalue weighted by Gasteiger charge is 2.51. The Morgan fingerprint density at radius 1 is 0.921 bits per heavy atom. The van der Waals surface area contributed by atoms with Gasteiger partial charge < -0.3 is 19.7 Å². The molecule has 2 aliphatic rings. The number of carbonyl (C=O) groups excluding carboxylic acids is 2. The molecule has 200 valence electrons. The van der Waals surface area contributed by atoms with Gasteiger partial charge in [-0.3, -0.25) is 9.59 Å². The number of rotatable bonds is 7. The molecule has 1 N–H and O–H groups in total. The maximum atomic E-state index is 13.8. The monoisotopic (exact) mass is 526 g/mol. The molecule has 1 aliphatic carbocycles. The Balaban J connectivity index is 0.00000353. The van der Waals surface area contributed by atoms with Crippen molar-refractivity contribution in [3.63, 3.8) is 0 Å². The molecule has 5 rings (SSSR count). The van der Waals surface area contributed by atoms with E-state index < -0.39 is 17.2 Å². The van der Waals surface area contributed by atoms with Gasteiger partial charge in [0.05, 0.1) is 11.0 Å². The SMILES string of the molecule is CCN(CC)C(=O)c1ccc(-c2cc(NC(=O)C3(c4ccc5c(c4)OCO5)CC3)cc(C(F)(F)F)c2)cc1.[HH]. The Morgan fingerprint density at radius 2 is 1.61 bits per heavy atom. The quantitative estimate of drug-likeness (QED) is 0.382. The summed E-state index contributed by atoms with van der Waals surface area (Å²) in [7, 11) is 0. The van der Waals surface area contributed by atoms with E-state index in [0.29, 0.717) is 48.6 Å². The van der Waals surface area contributed by atoms with Crippen molar-refractivity contribution in [1.29, 1.82) is 0 Å². The molecule has 6 nitrogen and oxygen atoms in total. The Morgan fingerprint density at radius 3 is 2.24 bits per heavy atom. The van der Waals surface area contributed by atoms with Crippen LogP contribution in [-0.2, 0) is 16.4 Å². The van der Waals surface area contributed by atoms with Crippen molar-refractivity contribution in [2.75, 3.05) is 25.2 Å². The number of nitrogens with one attached hydrogen (secondary N) is 1. The number of anilines is 1. The summed E-state index contributed by atoms with van der Waals surface area (Å²) in [6.07, 6.45) is -3.46. The molecule has 38 heavy (non-hydrogen) atoms. The molecular weight excluding hydrogens is 497 g/mol. The van der Waals surface area contributed by atoms with E-state index >= 15 is 0 Å². The summed E-state index contributed by atoms with van der Waals surface area (Å²) in [5.74, 6) is 0.627. The summed E-state index contributed by atoms with van der Waals surface area (Å²) in [4.78, 5) is 27.6. The first kappa shape index (κ1) is 25.6. The number of fused-ring (bicyclic) bond motifs is 1. The van der Waals surface area contributed by atoms with Crippen LogP contribution in [0.1, 0.15) is 49.6 Å². The van der Waals surface area contributed by atoms with Crippen molar-refractivity contribution in [2.45, 2.75) is 38.3 Å². The summed E-state index contributed by atoms with van der Waals surface area (Å²) < 4.78 is 52.1. The number of hydrogen-bond acceptors (Lipinski definition) is 4. The maximum Gasteiger partial charge on any atom is 0.416 e. The van der Waals surface area contributed by atoms with E-state index in [0.717, 1.165) is 17.7 Å². The van der Waals surface area contributed by atoms with Gasteiger partial charge in [-0.15, -0.1) is 0 Å². The van der Waals surface area contributed by atoms with Gasteiger partial charge in [-0.25, -0.2) is 0 Å². The van der Waals surface area contributed by atoms with Gasteiger partial charge in [0.2, 0.25) is 12.7 Å². The molecule has 0 aromatic heterocycles. The third-order valence-electron chi connectivity index (χ3n) is 7.14. The van der Waals surface area contributed by atoms with Crippen LogP contribution in [0.3, 0.4) is 0 Å². The third kappa shape index (κ3) is 4.80. The second-order valence-corrected chi connectivity index (χ2v) is 9.46.